The van der Waals surface area contributed by atoms with Crippen molar-refractivity contribution < 1.29 is 27.6 Å². The van der Waals surface area contributed by atoms with Crippen molar-refractivity contribution in [2.24, 2.45) is 10.2 Å². The van der Waals surface area contributed by atoms with Gasteiger partial charge in [0.1, 0.15) is 22.0 Å². The van der Waals surface area contributed by atoms with Crippen LogP contribution in [0.2, 0.25) is 5.02 Å². The van der Waals surface area contributed by atoms with Gasteiger partial charge in [-0.15, -0.1) is 10.2 Å². The summed E-state index contributed by atoms with van der Waals surface area (Å²) in [7, 11) is -3.07. The third kappa shape index (κ3) is 5.41. The van der Waals surface area contributed by atoms with E-state index in [0.717, 1.165) is 0 Å². The van der Waals surface area contributed by atoms with E-state index in [4.69, 9.17) is 16.3 Å². The SMILES string of the molecule is CCc1ccc(S(=O)(=O)O)c(Cl)c1N=Nc1c(O)c(C(=O)Nc2ccc(OC)cc2)cc2ccccc12. The first-order chi connectivity index (χ1) is 17.6. The summed E-state index contributed by atoms with van der Waals surface area (Å²) in [5.41, 5.74) is 1.03. The number of carbonyl (C=O) groups excluding carboxylic acids is 1. The molecule has 190 valence electrons. The molecule has 0 aliphatic heterocycles. The fraction of sp³-hybridized carbons (Fsp3) is 0.115. The van der Waals surface area contributed by atoms with Crippen molar-refractivity contribution >= 4 is 55.5 Å². The first-order valence-electron chi connectivity index (χ1n) is 11.0. The van der Waals surface area contributed by atoms with E-state index < -0.39 is 26.7 Å². The molecule has 37 heavy (non-hydrogen) atoms. The lowest BCUT2D eigenvalue weighted by molar-refractivity contribution is 0.102. The molecule has 11 heteroatoms. The standard InChI is InChI=1S/C26H22ClN3O6S/c1-3-15-8-13-21(37(33,34)35)22(27)23(15)29-30-24-19-7-5-4-6-16(19)14-20(25(24)31)26(32)28-17-9-11-18(36-2)12-10-17/h4-14,31H,3H2,1-2H3,(H,28,32)(H,33,34,35). The van der Waals surface area contributed by atoms with E-state index in [1.54, 1.807) is 48.5 Å². The van der Waals surface area contributed by atoms with Crippen molar-refractivity contribution in [2.75, 3.05) is 12.4 Å². The Hall–Kier alpha value is -3.99. The van der Waals surface area contributed by atoms with Crippen molar-refractivity contribution in [1.82, 2.24) is 0 Å². The van der Waals surface area contributed by atoms with Crippen molar-refractivity contribution in [3.8, 4) is 11.5 Å². The van der Waals surface area contributed by atoms with E-state index in [1.807, 2.05) is 6.92 Å². The van der Waals surface area contributed by atoms with Gasteiger partial charge in [0.15, 0.2) is 5.75 Å². The van der Waals surface area contributed by atoms with E-state index in [0.29, 0.717) is 34.2 Å². The Labute approximate surface area is 218 Å². The Morgan fingerprint density at radius 3 is 2.35 bits per heavy atom. The number of rotatable bonds is 7. The molecular weight excluding hydrogens is 518 g/mol. The van der Waals surface area contributed by atoms with Crippen molar-refractivity contribution in [3.63, 3.8) is 0 Å². The number of ether oxygens (including phenoxy) is 1. The number of nitrogens with one attached hydrogen (secondary N) is 1. The normalized spacial score (nSPS) is 11.7. The van der Waals surface area contributed by atoms with Crippen LogP contribution >= 0.6 is 11.6 Å². The first-order valence-corrected chi connectivity index (χ1v) is 12.9. The number of hydrogen-bond acceptors (Lipinski definition) is 7. The first kappa shape index (κ1) is 26.1. The molecule has 1 amide bonds. The number of aryl methyl sites for hydroxylation is 1. The second-order valence-electron chi connectivity index (χ2n) is 7.94. The van der Waals surface area contributed by atoms with Crippen LogP contribution in [-0.4, -0.2) is 31.1 Å². The van der Waals surface area contributed by atoms with E-state index in [1.165, 1.54) is 25.3 Å². The molecule has 0 radical (unpaired) electrons. The van der Waals surface area contributed by atoms with Crippen molar-refractivity contribution in [1.29, 1.82) is 0 Å². The topological polar surface area (TPSA) is 138 Å². The summed E-state index contributed by atoms with van der Waals surface area (Å²) in [5, 5.41) is 22.9. The second kappa shape index (κ2) is 10.6. The number of halogens is 1. The minimum atomic E-state index is -4.60. The molecular formula is C26H22ClN3O6S. The lowest BCUT2D eigenvalue weighted by Crippen LogP contribution is -2.12. The molecule has 0 saturated carbocycles. The number of amides is 1. The zero-order valence-corrected chi connectivity index (χ0v) is 21.3. The van der Waals surface area contributed by atoms with Gasteiger partial charge in [-0.25, -0.2) is 0 Å². The molecule has 0 aliphatic carbocycles. The minimum absolute atomic E-state index is 0.00615. The van der Waals surface area contributed by atoms with Crippen LogP contribution in [0.15, 0.2) is 81.9 Å². The summed E-state index contributed by atoms with van der Waals surface area (Å²) in [4.78, 5) is 12.6. The van der Waals surface area contributed by atoms with Crippen LogP contribution in [-0.2, 0) is 16.5 Å². The van der Waals surface area contributed by atoms with Crippen LogP contribution in [0.5, 0.6) is 11.5 Å². The van der Waals surface area contributed by atoms with Crippen LogP contribution < -0.4 is 10.1 Å². The quantitative estimate of drug-likeness (QED) is 0.177. The lowest BCUT2D eigenvalue weighted by Gasteiger charge is -2.12. The van der Waals surface area contributed by atoms with Gasteiger partial charge in [0.25, 0.3) is 16.0 Å². The van der Waals surface area contributed by atoms with Crippen LogP contribution in [0.4, 0.5) is 17.1 Å². The maximum absolute atomic E-state index is 13.1. The van der Waals surface area contributed by atoms with Crippen LogP contribution in [0.3, 0.4) is 0 Å². The average molecular weight is 540 g/mol. The Morgan fingerprint density at radius 1 is 1.03 bits per heavy atom. The number of aromatic hydroxyl groups is 1. The van der Waals surface area contributed by atoms with Gasteiger partial charge in [0, 0.05) is 11.1 Å². The number of phenolic OH excluding ortho intramolecular Hbond substituents is 1. The molecule has 0 bridgehead atoms. The molecule has 4 rings (SSSR count). The zero-order valence-electron chi connectivity index (χ0n) is 19.8. The maximum Gasteiger partial charge on any atom is 0.296 e. The Balaban J connectivity index is 1.82. The number of hydrogen-bond donors (Lipinski definition) is 3. The molecule has 0 aliphatic rings. The highest BCUT2D eigenvalue weighted by atomic mass is 35.5. The molecule has 4 aromatic rings. The van der Waals surface area contributed by atoms with Crippen LogP contribution in [0, 0.1) is 0 Å². The monoisotopic (exact) mass is 539 g/mol. The summed E-state index contributed by atoms with van der Waals surface area (Å²) in [6.45, 7) is 1.81. The van der Waals surface area contributed by atoms with Crippen molar-refractivity contribution in [2.45, 2.75) is 18.2 Å². The van der Waals surface area contributed by atoms with Gasteiger partial charge in [-0.1, -0.05) is 48.9 Å². The van der Waals surface area contributed by atoms with Gasteiger partial charge in [0.2, 0.25) is 0 Å². The number of fused-ring (bicyclic) bond motifs is 1. The fourth-order valence-electron chi connectivity index (χ4n) is 3.74. The highest BCUT2D eigenvalue weighted by molar-refractivity contribution is 7.86. The predicted octanol–water partition coefficient (Wildman–Crippen LogP) is 6.68. The van der Waals surface area contributed by atoms with Crippen molar-refractivity contribution in [3.05, 3.63) is 82.9 Å². The molecule has 0 unspecified atom stereocenters. The van der Waals surface area contributed by atoms with Crippen LogP contribution in [0.1, 0.15) is 22.8 Å². The van der Waals surface area contributed by atoms with Gasteiger partial charge in [-0.3, -0.25) is 9.35 Å². The van der Waals surface area contributed by atoms with Gasteiger partial charge < -0.3 is 15.2 Å². The molecule has 0 saturated heterocycles. The average Bonchev–Trinajstić information content (AvgIpc) is 2.88. The minimum Gasteiger partial charge on any atom is -0.505 e. The summed E-state index contributed by atoms with van der Waals surface area (Å²) in [6.07, 6.45) is 0.441. The molecule has 0 atom stereocenters. The summed E-state index contributed by atoms with van der Waals surface area (Å²) in [5.74, 6) is -0.378. The number of azo groups is 1. The lowest BCUT2D eigenvalue weighted by atomic mass is 10.0. The molecule has 0 aromatic heterocycles. The largest absolute Gasteiger partial charge is 0.505 e. The maximum atomic E-state index is 13.1. The highest BCUT2D eigenvalue weighted by Crippen LogP contribution is 2.42. The van der Waals surface area contributed by atoms with Gasteiger partial charge in [0.05, 0.1) is 17.7 Å². The van der Waals surface area contributed by atoms with Crippen LogP contribution in [0.25, 0.3) is 10.8 Å². The second-order valence-corrected chi connectivity index (χ2v) is 9.71. The molecule has 4 aromatic carbocycles. The fourth-order valence-corrected chi connectivity index (χ4v) is 4.82. The molecule has 0 fully saturated rings. The number of benzene rings is 4. The molecule has 3 N–H and O–H groups in total. The van der Waals surface area contributed by atoms with E-state index >= 15 is 0 Å². The molecule has 9 nitrogen and oxygen atoms in total. The van der Waals surface area contributed by atoms with E-state index in [2.05, 4.69) is 15.5 Å². The number of anilines is 1. The molecule has 0 heterocycles. The summed E-state index contributed by atoms with van der Waals surface area (Å²) in [6, 6.07) is 17.8. The summed E-state index contributed by atoms with van der Waals surface area (Å²) < 4.78 is 38.1. The predicted molar refractivity (Wildman–Crippen MR) is 141 cm³/mol. The number of phenols is 1. The van der Waals surface area contributed by atoms with Gasteiger partial charge in [-0.2, -0.15) is 8.42 Å². The third-order valence-electron chi connectivity index (χ3n) is 5.66. The number of nitrogens with zero attached hydrogens (tertiary/aromatic N) is 2. The van der Waals surface area contributed by atoms with Gasteiger partial charge in [-0.05, 0) is 53.8 Å². The Morgan fingerprint density at radius 2 is 1.70 bits per heavy atom. The highest BCUT2D eigenvalue weighted by Gasteiger charge is 2.21. The Kier molecular flexibility index (Phi) is 7.44. The van der Waals surface area contributed by atoms with E-state index in [9.17, 15) is 22.9 Å². The smallest absolute Gasteiger partial charge is 0.296 e. The van der Waals surface area contributed by atoms with Gasteiger partial charge >= 0.3 is 0 Å². The summed E-state index contributed by atoms with van der Waals surface area (Å²) >= 11 is 6.27. The number of methoxy groups -OCH3 is 1. The molecule has 0 spiro atoms. The van der Waals surface area contributed by atoms with E-state index in [-0.39, 0.29) is 22.0 Å². The zero-order chi connectivity index (χ0) is 26.7. The number of carbonyl (C=O) groups is 1. The Bertz CT molecular complexity index is 1640. The third-order valence-corrected chi connectivity index (χ3v) is 7.05.